The lowest BCUT2D eigenvalue weighted by Gasteiger charge is -2.35. The number of aliphatic hydroxyl groups is 1. The molecule has 1 aromatic heterocycles. The molecule has 18 heavy (non-hydrogen) atoms. The second-order valence-corrected chi connectivity index (χ2v) is 5.91. The molecule has 3 heterocycles. The largest absolute Gasteiger partial charge is 0.390 e. The van der Waals surface area contributed by atoms with Crippen LogP contribution in [0.15, 0.2) is 0 Å². The van der Waals surface area contributed by atoms with Gasteiger partial charge >= 0.3 is 0 Å². The van der Waals surface area contributed by atoms with Crippen molar-refractivity contribution in [3.8, 4) is 0 Å². The Labute approximate surface area is 108 Å². The van der Waals surface area contributed by atoms with E-state index < -0.39 is 5.60 Å². The molecule has 0 bridgehead atoms. The third-order valence-corrected chi connectivity index (χ3v) is 4.23. The van der Waals surface area contributed by atoms with Gasteiger partial charge in [-0.2, -0.15) is 0 Å². The summed E-state index contributed by atoms with van der Waals surface area (Å²) in [4.78, 5) is 2.38. The summed E-state index contributed by atoms with van der Waals surface area (Å²) in [7, 11) is 0. The average Bonchev–Trinajstić information content (AvgIpc) is 2.76. The molecule has 0 aromatic carbocycles. The Bertz CT molecular complexity index is 417. The second kappa shape index (κ2) is 4.63. The lowest BCUT2D eigenvalue weighted by molar-refractivity contribution is -0.00815. The first kappa shape index (κ1) is 12.1. The van der Waals surface area contributed by atoms with E-state index in [-0.39, 0.29) is 0 Å². The van der Waals surface area contributed by atoms with Gasteiger partial charge in [0.2, 0.25) is 0 Å². The van der Waals surface area contributed by atoms with Crippen molar-refractivity contribution in [2.45, 2.75) is 57.7 Å². The number of likely N-dealkylation sites (tertiary alicyclic amines) is 1. The van der Waals surface area contributed by atoms with Crippen molar-refractivity contribution < 1.29 is 5.11 Å². The molecule has 5 heteroatoms. The van der Waals surface area contributed by atoms with Gasteiger partial charge in [0.25, 0.3) is 0 Å². The topological polar surface area (TPSA) is 54.2 Å². The fourth-order valence-electron chi connectivity index (χ4n) is 2.88. The molecular formula is C13H22N4O. The van der Waals surface area contributed by atoms with Gasteiger partial charge in [0.05, 0.1) is 12.1 Å². The van der Waals surface area contributed by atoms with Gasteiger partial charge in [-0.25, -0.2) is 0 Å². The number of aromatic nitrogens is 3. The number of rotatable bonds is 2. The van der Waals surface area contributed by atoms with E-state index in [1.807, 2.05) is 6.92 Å². The summed E-state index contributed by atoms with van der Waals surface area (Å²) >= 11 is 0. The Morgan fingerprint density at radius 3 is 2.72 bits per heavy atom. The Morgan fingerprint density at radius 2 is 1.94 bits per heavy atom. The molecule has 0 radical (unpaired) electrons. The maximum atomic E-state index is 9.95. The normalized spacial score (nSPS) is 23.9. The van der Waals surface area contributed by atoms with E-state index in [1.165, 1.54) is 12.8 Å². The first-order chi connectivity index (χ1) is 8.64. The van der Waals surface area contributed by atoms with Crippen molar-refractivity contribution in [2.75, 3.05) is 13.1 Å². The van der Waals surface area contributed by atoms with E-state index in [4.69, 9.17) is 0 Å². The molecule has 0 saturated carbocycles. The number of piperidine rings is 1. The summed E-state index contributed by atoms with van der Waals surface area (Å²) in [6, 6.07) is 0. The minimum Gasteiger partial charge on any atom is -0.390 e. The molecule has 2 aliphatic rings. The van der Waals surface area contributed by atoms with Gasteiger partial charge in [-0.05, 0) is 32.6 Å². The molecule has 0 amide bonds. The van der Waals surface area contributed by atoms with Crippen LogP contribution in [-0.2, 0) is 19.5 Å². The summed E-state index contributed by atoms with van der Waals surface area (Å²) in [5, 5.41) is 18.6. The molecule has 2 aliphatic heterocycles. The van der Waals surface area contributed by atoms with Gasteiger partial charge in [0.1, 0.15) is 11.6 Å². The molecule has 1 N–H and O–H groups in total. The Balaban J connectivity index is 1.65. The molecule has 1 aromatic rings. The van der Waals surface area contributed by atoms with Gasteiger partial charge in [-0.15, -0.1) is 10.2 Å². The minimum absolute atomic E-state index is 0.471. The van der Waals surface area contributed by atoms with Crippen molar-refractivity contribution in [1.82, 2.24) is 19.7 Å². The fourth-order valence-corrected chi connectivity index (χ4v) is 2.88. The monoisotopic (exact) mass is 250 g/mol. The van der Waals surface area contributed by atoms with Gasteiger partial charge in [0, 0.05) is 26.1 Å². The zero-order valence-corrected chi connectivity index (χ0v) is 11.1. The van der Waals surface area contributed by atoms with Crippen LogP contribution in [0.1, 0.15) is 44.3 Å². The van der Waals surface area contributed by atoms with Crippen molar-refractivity contribution in [3.63, 3.8) is 0 Å². The van der Waals surface area contributed by atoms with Crippen molar-refractivity contribution in [1.29, 1.82) is 0 Å². The van der Waals surface area contributed by atoms with Gasteiger partial charge in [-0.1, -0.05) is 0 Å². The molecule has 0 spiro atoms. The lowest BCUT2D eigenvalue weighted by Crippen LogP contribution is -2.42. The molecule has 100 valence electrons. The molecule has 0 atom stereocenters. The smallest absolute Gasteiger partial charge is 0.147 e. The van der Waals surface area contributed by atoms with Crippen LogP contribution >= 0.6 is 0 Å². The molecule has 1 fully saturated rings. The quantitative estimate of drug-likeness (QED) is 0.849. The first-order valence-corrected chi connectivity index (χ1v) is 7.00. The number of nitrogens with zero attached hydrogens (tertiary/aromatic N) is 4. The van der Waals surface area contributed by atoms with Crippen LogP contribution in [-0.4, -0.2) is 43.5 Å². The molecule has 0 aliphatic carbocycles. The maximum absolute atomic E-state index is 9.95. The summed E-state index contributed by atoms with van der Waals surface area (Å²) in [6.07, 6.45) is 5.27. The third-order valence-electron chi connectivity index (χ3n) is 4.23. The van der Waals surface area contributed by atoms with E-state index in [9.17, 15) is 5.11 Å². The number of fused-ring (bicyclic) bond motifs is 1. The highest BCUT2D eigenvalue weighted by Crippen LogP contribution is 2.23. The number of hydrogen-bond acceptors (Lipinski definition) is 4. The van der Waals surface area contributed by atoms with Gasteiger partial charge in [0.15, 0.2) is 0 Å². The zero-order chi connectivity index (χ0) is 12.6. The second-order valence-electron chi connectivity index (χ2n) is 5.91. The van der Waals surface area contributed by atoms with Crippen LogP contribution in [0.2, 0.25) is 0 Å². The fraction of sp³-hybridized carbons (Fsp3) is 0.846. The third kappa shape index (κ3) is 2.42. The Kier molecular flexibility index (Phi) is 3.11. The van der Waals surface area contributed by atoms with E-state index >= 15 is 0 Å². The van der Waals surface area contributed by atoms with Crippen molar-refractivity contribution in [3.05, 3.63) is 11.6 Å². The van der Waals surface area contributed by atoms with Gasteiger partial charge < -0.3 is 9.67 Å². The summed E-state index contributed by atoms with van der Waals surface area (Å²) in [5.74, 6) is 2.26. The van der Waals surface area contributed by atoms with E-state index in [1.54, 1.807) is 0 Å². The van der Waals surface area contributed by atoms with Crippen LogP contribution in [0.4, 0.5) is 0 Å². The van der Waals surface area contributed by atoms with Crippen LogP contribution in [0.5, 0.6) is 0 Å². The predicted octanol–water partition coefficient (Wildman–Crippen LogP) is 0.961. The highest BCUT2D eigenvalue weighted by Gasteiger charge is 2.28. The molecule has 0 unspecified atom stereocenters. The van der Waals surface area contributed by atoms with E-state index in [0.29, 0.717) is 0 Å². The summed E-state index contributed by atoms with van der Waals surface area (Å²) in [6.45, 7) is 5.79. The number of hydrogen-bond donors (Lipinski definition) is 1. The van der Waals surface area contributed by atoms with E-state index in [2.05, 4.69) is 19.7 Å². The number of aryl methyl sites for hydroxylation is 1. The molecule has 5 nitrogen and oxygen atoms in total. The average molecular weight is 250 g/mol. The summed E-state index contributed by atoms with van der Waals surface area (Å²) < 4.78 is 2.29. The lowest BCUT2D eigenvalue weighted by atomic mass is 9.94. The summed E-state index contributed by atoms with van der Waals surface area (Å²) in [5.41, 5.74) is -0.471. The van der Waals surface area contributed by atoms with Crippen molar-refractivity contribution in [2.24, 2.45) is 0 Å². The highest BCUT2D eigenvalue weighted by atomic mass is 16.3. The van der Waals surface area contributed by atoms with Crippen LogP contribution in [0.25, 0.3) is 0 Å². The van der Waals surface area contributed by atoms with Crippen LogP contribution < -0.4 is 0 Å². The Morgan fingerprint density at radius 1 is 1.17 bits per heavy atom. The predicted molar refractivity (Wildman–Crippen MR) is 68.1 cm³/mol. The molecular weight excluding hydrogens is 228 g/mol. The van der Waals surface area contributed by atoms with Crippen LogP contribution in [0.3, 0.4) is 0 Å². The standard InChI is InChI=1S/C13H22N4O/c1-13(18)5-8-16(9-6-13)10-12-15-14-11-4-2-3-7-17(11)12/h18H,2-10H2,1H3. The molecule has 1 saturated heterocycles. The first-order valence-electron chi connectivity index (χ1n) is 7.00. The highest BCUT2D eigenvalue weighted by molar-refractivity contribution is 4.99. The SMILES string of the molecule is CC1(O)CCN(Cc2nnc3n2CCCC3)CC1. The minimum atomic E-state index is -0.471. The molecule has 3 rings (SSSR count). The zero-order valence-electron chi connectivity index (χ0n) is 11.1. The van der Waals surface area contributed by atoms with E-state index in [0.717, 1.165) is 57.1 Å². The Hall–Kier alpha value is -0.940. The van der Waals surface area contributed by atoms with Gasteiger partial charge in [-0.3, -0.25) is 4.90 Å². The van der Waals surface area contributed by atoms with Crippen LogP contribution in [0, 0.1) is 0 Å². The maximum Gasteiger partial charge on any atom is 0.147 e. The van der Waals surface area contributed by atoms with Crippen molar-refractivity contribution >= 4 is 0 Å².